The van der Waals surface area contributed by atoms with Crippen molar-refractivity contribution in [1.29, 1.82) is 0 Å². The predicted octanol–water partition coefficient (Wildman–Crippen LogP) is 5.39. The van der Waals surface area contributed by atoms with Gasteiger partial charge in [0, 0.05) is 11.3 Å². The SMILES string of the molecule is CC(=NNC(=O)c1cccc2ccccc12)c1ccc(NC(=O)c2ccccc2F)cc1. The Hall–Kier alpha value is -4.32. The van der Waals surface area contributed by atoms with Crippen LogP contribution in [0, 0.1) is 5.82 Å². The molecule has 0 bridgehead atoms. The van der Waals surface area contributed by atoms with Gasteiger partial charge in [-0.1, -0.05) is 60.7 Å². The number of hydrazone groups is 1. The minimum absolute atomic E-state index is 0.0227. The maximum atomic E-state index is 13.8. The summed E-state index contributed by atoms with van der Waals surface area (Å²) in [5.41, 5.74) is 5.02. The van der Waals surface area contributed by atoms with Crippen LogP contribution in [0.2, 0.25) is 0 Å². The molecule has 4 rings (SSSR count). The van der Waals surface area contributed by atoms with E-state index in [4.69, 9.17) is 0 Å². The quantitative estimate of drug-likeness (QED) is 0.333. The van der Waals surface area contributed by atoms with Crippen molar-refractivity contribution in [3.63, 3.8) is 0 Å². The Balaban J connectivity index is 1.44. The lowest BCUT2D eigenvalue weighted by atomic mass is 10.0. The number of fused-ring (bicyclic) bond motifs is 1. The van der Waals surface area contributed by atoms with E-state index in [-0.39, 0.29) is 11.5 Å². The first-order valence-corrected chi connectivity index (χ1v) is 10.0. The Kier molecular flexibility index (Phi) is 6.03. The summed E-state index contributed by atoms with van der Waals surface area (Å²) >= 11 is 0. The number of hydrogen-bond acceptors (Lipinski definition) is 3. The summed E-state index contributed by atoms with van der Waals surface area (Å²) in [6.07, 6.45) is 0. The Morgan fingerprint density at radius 1 is 0.750 bits per heavy atom. The lowest BCUT2D eigenvalue weighted by molar-refractivity contribution is 0.0955. The van der Waals surface area contributed by atoms with Crippen LogP contribution in [0.4, 0.5) is 10.1 Å². The average Bonchev–Trinajstić information content (AvgIpc) is 2.82. The third-order valence-electron chi connectivity index (χ3n) is 5.04. The van der Waals surface area contributed by atoms with Crippen LogP contribution in [0.3, 0.4) is 0 Å². The smallest absolute Gasteiger partial charge is 0.272 e. The first kappa shape index (κ1) is 20.9. The van der Waals surface area contributed by atoms with Crippen LogP contribution in [-0.2, 0) is 0 Å². The van der Waals surface area contributed by atoms with Crippen molar-refractivity contribution >= 4 is 34.0 Å². The molecule has 0 saturated carbocycles. The van der Waals surface area contributed by atoms with Gasteiger partial charge in [0.2, 0.25) is 0 Å². The van der Waals surface area contributed by atoms with Crippen LogP contribution in [0.1, 0.15) is 33.2 Å². The van der Waals surface area contributed by atoms with E-state index in [1.807, 2.05) is 36.4 Å². The highest BCUT2D eigenvalue weighted by Crippen LogP contribution is 2.18. The van der Waals surface area contributed by atoms with E-state index in [0.717, 1.165) is 16.3 Å². The molecule has 158 valence electrons. The molecule has 0 spiro atoms. The van der Waals surface area contributed by atoms with Gasteiger partial charge in [-0.05, 0) is 53.6 Å². The van der Waals surface area contributed by atoms with Crippen molar-refractivity contribution in [2.75, 3.05) is 5.32 Å². The standard InChI is InChI=1S/C26H20FN3O2/c1-17(29-30-26(32)22-11-6-8-19-7-2-3-9-21(19)22)18-13-15-20(16-14-18)28-25(31)23-10-4-5-12-24(23)27/h2-16H,1H3,(H,28,31)(H,30,32). The molecule has 0 saturated heterocycles. The van der Waals surface area contributed by atoms with Gasteiger partial charge in [-0.2, -0.15) is 5.10 Å². The van der Waals surface area contributed by atoms with E-state index in [0.29, 0.717) is 17.0 Å². The molecule has 6 heteroatoms. The van der Waals surface area contributed by atoms with Crippen LogP contribution in [-0.4, -0.2) is 17.5 Å². The minimum Gasteiger partial charge on any atom is -0.322 e. The molecule has 0 radical (unpaired) electrons. The predicted molar refractivity (Wildman–Crippen MR) is 124 cm³/mol. The van der Waals surface area contributed by atoms with E-state index in [1.165, 1.54) is 18.2 Å². The molecule has 0 atom stereocenters. The normalized spacial score (nSPS) is 11.2. The first-order chi connectivity index (χ1) is 15.5. The van der Waals surface area contributed by atoms with Gasteiger partial charge in [-0.25, -0.2) is 9.82 Å². The number of rotatable bonds is 5. The van der Waals surface area contributed by atoms with Crippen LogP contribution < -0.4 is 10.7 Å². The van der Waals surface area contributed by atoms with Gasteiger partial charge in [-0.15, -0.1) is 0 Å². The monoisotopic (exact) mass is 425 g/mol. The number of hydrogen-bond donors (Lipinski definition) is 2. The summed E-state index contributed by atoms with van der Waals surface area (Å²) in [5.74, 6) is -1.40. The summed E-state index contributed by atoms with van der Waals surface area (Å²) < 4.78 is 13.8. The average molecular weight is 425 g/mol. The number of carbonyl (C=O) groups is 2. The molecule has 0 heterocycles. The summed E-state index contributed by atoms with van der Waals surface area (Å²) in [6, 6.07) is 25.9. The lowest BCUT2D eigenvalue weighted by Crippen LogP contribution is -2.19. The van der Waals surface area contributed by atoms with Crippen molar-refractivity contribution in [1.82, 2.24) is 5.43 Å². The molecule has 4 aromatic carbocycles. The van der Waals surface area contributed by atoms with E-state index in [2.05, 4.69) is 15.8 Å². The maximum Gasteiger partial charge on any atom is 0.272 e. The van der Waals surface area contributed by atoms with Gasteiger partial charge in [-0.3, -0.25) is 9.59 Å². The highest BCUT2D eigenvalue weighted by Gasteiger charge is 2.12. The number of nitrogens with zero attached hydrogens (tertiary/aromatic N) is 1. The van der Waals surface area contributed by atoms with Gasteiger partial charge < -0.3 is 5.32 Å². The van der Waals surface area contributed by atoms with E-state index in [1.54, 1.807) is 43.3 Å². The second kappa shape index (κ2) is 9.22. The molecule has 0 unspecified atom stereocenters. The molecule has 0 aliphatic carbocycles. The fourth-order valence-electron chi connectivity index (χ4n) is 3.32. The molecule has 0 aliphatic rings. The fourth-order valence-corrected chi connectivity index (χ4v) is 3.32. The summed E-state index contributed by atoms with van der Waals surface area (Å²) in [6.45, 7) is 1.77. The molecule has 32 heavy (non-hydrogen) atoms. The molecule has 5 nitrogen and oxygen atoms in total. The second-order valence-electron chi connectivity index (χ2n) is 7.18. The molecule has 2 N–H and O–H groups in total. The van der Waals surface area contributed by atoms with Crippen LogP contribution >= 0.6 is 0 Å². The van der Waals surface area contributed by atoms with Crippen molar-refractivity contribution in [3.05, 3.63) is 114 Å². The Morgan fingerprint density at radius 3 is 2.19 bits per heavy atom. The maximum absolute atomic E-state index is 13.8. The molecular formula is C26H20FN3O2. The molecular weight excluding hydrogens is 405 g/mol. The van der Waals surface area contributed by atoms with Gasteiger partial charge in [0.25, 0.3) is 11.8 Å². The van der Waals surface area contributed by atoms with Gasteiger partial charge in [0.1, 0.15) is 5.82 Å². The molecule has 4 aromatic rings. The van der Waals surface area contributed by atoms with Gasteiger partial charge in [0.15, 0.2) is 0 Å². The van der Waals surface area contributed by atoms with Crippen LogP contribution in [0.25, 0.3) is 10.8 Å². The number of benzene rings is 4. The molecule has 2 amide bonds. The number of carbonyl (C=O) groups excluding carboxylic acids is 2. The van der Waals surface area contributed by atoms with Crippen molar-refractivity contribution in [3.8, 4) is 0 Å². The first-order valence-electron chi connectivity index (χ1n) is 10.0. The number of amides is 2. The number of nitrogens with one attached hydrogen (secondary N) is 2. The van der Waals surface area contributed by atoms with E-state index < -0.39 is 11.7 Å². The van der Waals surface area contributed by atoms with E-state index >= 15 is 0 Å². The summed E-state index contributed by atoms with van der Waals surface area (Å²) in [5, 5.41) is 8.71. The topological polar surface area (TPSA) is 70.6 Å². The van der Waals surface area contributed by atoms with Gasteiger partial charge in [0.05, 0.1) is 11.3 Å². The zero-order valence-electron chi connectivity index (χ0n) is 17.3. The summed E-state index contributed by atoms with van der Waals surface area (Å²) in [4.78, 5) is 24.9. The van der Waals surface area contributed by atoms with E-state index in [9.17, 15) is 14.0 Å². The highest BCUT2D eigenvalue weighted by atomic mass is 19.1. The molecule has 0 aromatic heterocycles. The van der Waals surface area contributed by atoms with Crippen molar-refractivity contribution in [2.45, 2.75) is 6.92 Å². The Bertz CT molecular complexity index is 1330. The zero-order chi connectivity index (χ0) is 22.5. The molecule has 0 fully saturated rings. The zero-order valence-corrected chi connectivity index (χ0v) is 17.3. The van der Waals surface area contributed by atoms with Crippen LogP contribution in [0.5, 0.6) is 0 Å². The number of anilines is 1. The van der Waals surface area contributed by atoms with Crippen molar-refractivity contribution in [2.24, 2.45) is 5.10 Å². The fraction of sp³-hybridized carbons (Fsp3) is 0.0385. The second-order valence-corrected chi connectivity index (χ2v) is 7.18. The lowest BCUT2D eigenvalue weighted by Gasteiger charge is -2.08. The van der Waals surface area contributed by atoms with Crippen molar-refractivity contribution < 1.29 is 14.0 Å². The van der Waals surface area contributed by atoms with Crippen LogP contribution in [0.15, 0.2) is 96.1 Å². The third kappa shape index (κ3) is 4.54. The molecule has 0 aliphatic heterocycles. The number of halogens is 1. The van der Waals surface area contributed by atoms with Gasteiger partial charge >= 0.3 is 0 Å². The largest absolute Gasteiger partial charge is 0.322 e. The highest BCUT2D eigenvalue weighted by molar-refractivity contribution is 6.08. The minimum atomic E-state index is -0.577. The Labute approximate surface area is 184 Å². The third-order valence-corrected chi connectivity index (χ3v) is 5.04. The Morgan fingerprint density at radius 2 is 1.41 bits per heavy atom. The summed E-state index contributed by atoms with van der Waals surface area (Å²) in [7, 11) is 0.